The van der Waals surface area contributed by atoms with E-state index in [1.807, 2.05) is 54.7 Å². The van der Waals surface area contributed by atoms with E-state index in [0.29, 0.717) is 6.42 Å². The highest BCUT2D eigenvalue weighted by Crippen LogP contribution is 2.11. The van der Waals surface area contributed by atoms with E-state index >= 15 is 0 Å². The van der Waals surface area contributed by atoms with Crippen LogP contribution in [0, 0.1) is 0 Å². The van der Waals surface area contributed by atoms with Crippen LogP contribution in [0.5, 0.6) is 0 Å². The molecule has 1 atom stereocenters. The zero-order valence-corrected chi connectivity index (χ0v) is 14.0. The van der Waals surface area contributed by atoms with E-state index in [1.165, 1.54) is 12.7 Å². The zero-order valence-electron chi connectivity index (χ0n) is 13.2. The van der Waals surface area contributed by atoms with Crippen LogP contribution in [-0.4, -0.2) is 31.1 Å². The van der Waals surface area contributed by atoms with Crippen LogP contribution in [0.1, 0.15) is 11.1 Å². The molecule has 2 rings (SSSR count). The van der Waals surface area contributed by atoms with E-state index < -0.39 is 6.04 Å². The molecule has 0 fully saturated rings. The summed E-state index contributed by atoms with van der Waals surface area (Å²) < 4.78 is 4.85. The molecule has 0 bridgehead atoms. The molecule has 0 radical (unpaired) electrons. The number of aliphatic imine (C=N–C) groups is 1. The Labute approximate surface area is 141 Å². The summed E-state index contributed by atoms with van der Waals surface area (Å²) in [6.07, 6.45) is 2.38. The SMILES string of the molecule is COC(=O)[C@H](Cc1ccccc1)N=CCSCc1ccccc1. The molecule has 0 amide bonds. The number of hydrogen-bond acceptors (Lipinski definition) is 4. The largest absolute Gasteiger partial charge is 0.467 e. The molecule has 3 nitrogen and oxygen atoms in total. The van der Waals surface area contributed by atoms with E-state index in [1.54, 1.807) is 11.8 Å². The van der Waals surface area contributed by atoms with Gasteiger partial charge >= 0.3 is 5.97 Å². The normalized spacial score (nSPS) is 12.2. The molecular formula is C19H21NO2S. The summed E-state index contributed by atoms with van der Waals surface area (Å²) in [5.41, 5.74) is 2.37. The van der Waals surface area contributed by atoms with E-state index in [2.05, 4.69) is 17.1 Å². The van der Waals surface area contributed by atoms with Crippen molar-refractivity contribution in [2.75, 3.05) is 12.9 Å². The molecule has 120 valence electrons. The molecule has 0 aromatic heterocycles. The Hall–Kier alpha value is -2.07. The van der Waals surface area contributed by atoms with Gasteiger partial charge in [0.25, 0.3) is 0 Å². The molecule has 23 heavy (non-hydrogen) atoms. The lowest BCUT2D eigenvalue weighted by atomic mass is 10.1. The van der Waals surface area contributed by atoms with Crippen molar-refractivity contribution >= 4 is 23.9 Å². The molecule has 0 spiro atoms. The predicted octanol–water partition coefficient (Wildman–Crippen LogP) is 3.77. The quantitative estimate of drug-likeness (QED) is 0.421. The van der Waals surface area contributed by atoms with Crippen molar-refractivity contribution < 1.29 is 9.53 Å². The first kappa shape index (κ1) is 17.3. The maximum Gasteiger partial charge on any atom is 0.330 e. The second-order valence-corrected chi connectivity index (χ2v) is 6.09. The number of nitrogens with zero attached hydrogens (tertiary/aromatic N) is 1. The van der Waals surface area contributed by atoms with Crippen molar-refractivity contribution in [1.82, 2.24) is 0 Å². The molecule has 4 heteroatoms. The number of esters is 1. The summed E-state index contributed by atoms with van der Waals surface area (Å²) in [5, 5.41) is 0. The number of thioether (sulfide) groups is 1. The average Bonchev–Trinajstić information content (AvgIpc) is 2.61. The van der Waals surface area contributed by atoms with Crippen LogP contribution in [-0.2, 0) is 21.7 Å². The van der Waals surface area contributed by atoms with Crippen LogP contribution in [0.25, 0.3) is 0 Å². The summed E-state index contributed by atoms with van der Waals surface area (Å²) in [6.45, 7) is 0. The van der Waals surface area contributed by atoms with Gasteiger partial charge in [-0.1, -0.05) is 60.7 Å². The third-order valence-electron chi connectivity index (χ3n) is 3.33. The van der Waals surface area contributed by atoms with Crippen molar-refractivity contribution in [3.8, 4) is 0 Å². The fourth-order valence-corrected chi connectivity index (χ4v) is 2.88. The summed E-state index contributed by atoms with van der Waals surface area (Å²) in [4.78, 5) is 16.3. The molecule has 0 aliphatic heterocycles. The lowest BCUT2D eigenvalue weighted by molar-refractivity contribution is -0.142. The molecule has 0 heterocycles. The summed E-state index contributed by atoms with van der Waals surface area (Å²) >= 11 is 1.77. The molecule has 0 saturated heterocycles. The Morgan fingerprint density at radius 2 is 1.70 bits per heavy atom. The number of hydrogen-bond donors (Lipinski definition) is 0. The van der Waals surface area contributed by atoms with Crippen LogP contribution in [0.15, 0.2) is 65.7 Å². The van der Waals surface area contributed by atoms with E-state index in [4.69, 9.17) is 4.74 Å². The topological polar surface area (TPSA) is 38.7 Å². The van der Waals surface area contributed by atoms with Gasteiger partial charge in [-0.25, -0.2) is 4.79 Å². The van der Waals surface area contributed by atoms with Crippen LogP contribution in [0.4, 0.5) is 0 Å². The number of benzene rings is 2. The van der Waals surface area contributed by atoms with Gasteiger partial charge in [0, 0.05) is 24.1 Å². The number of rotatable bonds is 8. The molecule has 0 aliphatic rings. The summed E-state index contributed by atoms with van der Waals surface area (Å²) in [7, 11) is 1.40. The first-order chi connectivity index (χ1) is 11.3. The van der Waals surface area contributed by atoms with Gasteiger partial charge in [0.1, 0.15) is 0 Å². The van der Waals surface area contributed by atoms with Crippen LogP contribution in [0.2, 0.25) is 0 Å². The summed E-state index contributed by atoms with van der Waals surface area (Å²) in [5.74, 6) is 1.42. The van der Waals surface area contributed by atoms with Crippen LogP contribution in [0.3, 0.4) is 0 Å². The Balaban J connectivity index is 1.83. The molecular weight excluding hydrogens is 306 g/mol. The number of ether oxygens (including phenoxy) is 1. The molecule has 0 saturated carbocycles. The minimum absolute atomic E-state index is 0.293. The van der Waals surface area contributed by atoms with Crippen molar-refractivity contribution in [3.05, 3.63) is 71.8 Å². The van der Waals surface area contributed by atoms with Crippen molar-refractivity contribution in [2.45, 2.75) is 18.2 Å². The summed E-state index contributed by atoms with van der Waals surface area (Å²) in [6, 6.07) is 19.7. The Bertz CT molecular complexity index is 614. The van der Waals surface area contributed by atoms with Gasteiger partial charge in [-0.05, 0) is 11.1 Å². The highest BCUT2D eigenvalue weighted by Gasteiger charge is 2.17. The van der Waals surface area contributed by atoms with Gasteiger partial charge in [-0.2, -0.15) is 11.8 Å². The predicted molar refractivity (Wildman–Crippen MR) is 97.0 cm³/mol. The smallest absolute Gasteiger partial charge is 0.330 e. The maximum atomic E-state index is 11.9. The molecule has 0 unspecified atom stereocenters. The van der Waals surface area contributed by atoms with Gasteiger partial charge in [-0.3, -0.25) is 4.99 Å². The first-order valence-electron chi connectivity index (χ1n) is 7.54. The number of carbonyl (C=O) groups excluding carboxylic acids is 1. The standard InChI is InChI=1S/C19H21NO2S/c1-22-19(21)18(14-16-8-4-2-5-9-16)20-12-13-23-15-17-10-6-3-7-11-17/h2-12,18H,13-15H2,1H3/t18-/m0/s1. The second kappa shape index (κ2) is 9.85. The third kappa shape index (κ3) is 6.28. The van der Waals surface area contributed by atoms with Gasteiger partial charge in [-0.15, -0.1) is 0 Å². The fraction of sp³-hybridized carbons (Fsp3) is 0.263. The van der Waals surface area contributed by atoms with E-state index in [-0.39, 0.29) is 5.97 Å². The number of methoxy groups -OCH3 is 1. The Morgan fingerprint density at radius 3 is 2.30 bits per heavy atom. The van der Waals surface area contributed by atoms with Gasteiger partial charge in [0.05, 0.1) is 7.11 Å². The molecule has 0 N–H and O–H groups in total. The van der Waals surface area contributed by atoms with Gasteiger partial charge in [0.15, 0.2) is 6.04 Å². The molecule has 2 aromatic carbocycles. The van der Waals surface area contributed by atoms with Crippen molar-refractivity contribution in [3.63, 3.8) is 0 Å². The lowest BCUT2D eigenvalue weighted by Gasteiger charge is -2.10. The van der Waals surface area contributed by atoms with E-state index in [0.717, 1.165) is 17.1 Å². The highest BCUT2D eigenvalue weighted by molar-refractivity contribution is 7.99. The zero-order chi connectivity index (χ0) is 16.3. The van der Waals surface area contributed by atoms with Gasteiger partial charge in [0.2, 0.25) is 0 Å². The minimum atomic E-state index is -0.472. The van der Waals surface area contributed by atoms with E-state index in [9.17, 15) is 4.79 Å². The van der Waals surface area contributed by atoms with Crippen LogP contribution < -0.4 is 0 Å². The molecule has 0 aliphatic carbocycles. The highest BCUT2D eigenvalue weighted by atomic mass is 32.2. The fourth-order valence-electron chi connectivity index (χ4n) is 2.14. The number of carbonyl (C=O) groups is 1. The second-order valence-electron chi connectivity index (χ2n) is 5.06. The lowest BCUT2D eigenvalue weighted by Crippen LogP contribution is -2.23. The Kier molecular flexibility index (Phi) is 7.40. The average molecular weight is 327 g/mol. The van der Waals surface area contributed by atoms with Crippen molar-refractivity contribution in [2.24, 2.45) is 4.99 Å². The Morgan fingerprint density at radius 1 is 1.09 bits per heavy atom. The maximum absolute atomic E-state index is 11.9. The third-order valence-corrected chi connectivity index (χ3v) is 4.26. The monoisotopic (exact) mass is 327 g/mol. The van der Waals surface area contributed by atoms with Gasteiger partial charge < -0.3 is 4.74 Å². The molecule has 2 aromatic rings. The van der Waals surface area contributed by atoms with Crippen molar-refractivity contribution in [1.29, 1.82) is 0 Å². The first-order valence-corrected chi connectivity index (χ1v) is 8.70. The van der Waals surface area contributed by atoms with Crippen LogP contribution >= 0.6 is 11.8 Å². The minimum Gasteiger partial charge on any atom is -0.467 e.